The molecular weight excluding hydrogens is 282 g/mol. The molecule has 1 saturated heterocycles. The summed E-state index contributed by atoms with van der Waals surface area (Å²) in [6, 6.07) is 3.92. The quantitative estimate of drug-likeness (QED) is 0.921. The van der Waals surface area contributed by atoms with E-state index in [0.717, 1.165) is 35.3 Å². The molecule has 7 nitrogen and oxygen atoms in total. The highest BCUT2D eigenvalue weighted by Gasteiger charge is 2.28. The first-order valence-corrected chi connectivity index (χ1v) is 7.43. The van der Waals surface area contributed by atoms with Gasteiger partial charge in [-0.2, -0.15) is 0 Å². The first-order chi connectivity index (χ1) is 10.7. The van der Waals surface area contributed by atoms with Crippen LogP contribution in [0.2, 0.25) is 0 Å². The van der Waals surface area contributed by atoms with Crippen molar-refractivity contribution in [3.63, 3.8) is 0 Å². The largest absolute Gasteiger partial charge is 0.378 e. The Morgan fingerprint density at radius 1 is 1.32 bits per heavy atom. The van der Waals surface area contributed by atoms with Gasteiger partial charge in [0.15, 0.2) is 0 Å². The molecule has 2 aromatic heterocycles. The Morgan fingerprint density at radius 3 is 2.91 bits per heavy atom. The highest BCUT2D eigenvalue weighted by molar-refractivity contribution is 5.35. The summed E-state index contributed by atoms with van der Waals surface area (Å²) in [5.74, 6) is 2.43. The summed E-state index contributed by atoms with van der Waals surface area (Å²) in [7, 11) is 1.86. The van der Waals surface area contributed by atoms with E-state index in [1.807, 2.05) is 33.0 Å². The van der Waals surface area contributed by atoms with Crippen molar-refractivity contribution in [2.24, 2.45) is 0 Å². The van der Waals surface area contributed by atoms with Gasteiger partial charge in [0, 0.05) is 38.0 Å². The van der Waals surface area contributed by atoms with Crippen LogP contribution in [-0.4, -0.2) is 46.8 Å². The van der Waals surface area contributed by atoms with Crippen molar-refractivity contribution in [1.82, 2.24) is 20.0 Å². The molecule has 0 radical (unpaired) electrons. The van der Waals surface area contributed by atoms with Crippen LogP contribution < -0.4 is 5.32 Å². The molecule has 118 valence electrons. The molecule has 0 saturated carbocycles. The zero-order valence-corrected chi connectivity index (χ0v) is 13.2. The van der Waals surface area contributed by atoms with E-state index in [9.17, 15) is 0 Å². The van der Waals surface area contributed by atoms with E-state index in [4.69, 9.17) is 9.26 Å². The van der Waals surface area contributed by atoms with Gasteiger partial charge in [-0.1, -0.05) is 5.16 Å². The normalized spacial score (nSPS) is 19.3. The molecule has 0 bridgehead atoms. The number of aromatic nitrogens is 3. The predicted octanol–water partition coefficient (Wildman–Crippen LogP) is 1.70. The molecule has 0 amide bonds. The van der Waals surface area contributed by atoms with Crippen molar-refractivity contribution in [3.8, 4) is 0 Å². The van der Waals surface area contributed by atoms with Crippen LogP contribution >= 0.6 is 0 Å². The van der Waals surface area contributed by atoms with Crippen LogP contribution in [0.15, 0.2) is 16.7 Å². The fourth-order valence-electron chi connectivity index (χ4n) is 2.63. The lowest BCUT2D eigenvalue weighted by atomic mass is 10.2. The van der Waals surface area contributed by atoms with Crippen molar-refractivity contribution in [2.45, 2.75) is 26.4 Å². The van der Waals surface area contributed by atoms with Gasteiger partial charge in [0.1, 0.15) is 17.4 Å². The number of anilines is 1. The molecule has 7 heteroatoms. The van der Waals surface area contributed by atoms with Gasteiger partial charge in [0.05, 0.1) is 24.9 Å². The molecule has 1 aliphatic rings. The first kappa shape index (κ1) is 14.9. The van der Waals surface area contributed by atoms with Crippen molar-refractivity contribution in [1.29, 1.82) is 0 Å². The number of hydrogen-bond donors (Lipinski definition) is 1. The summed E-state index contributed by atoms with van der Waals surface area (Å²) < 4.78 is 10.8. The molecule has 0 aliphatic carbocycles. The molecule has 0 unspecified atom stereocenters. The van der Waals surface area contributed by atoms with E-state index < -0.39 is 0 Å². The minimum absolute atomic E-state index is 0.0257. The van der Waals surface area contributed by atoms with Gasteiger partial charge in [-0.05, 0) is 13.8 Å². The number of ether oxygens (including phenoxy) is 1. The number of rotatable bonds is 4. The average Bonchev–Trinajstić information content (AvgIpc) is 2.92. The van der Waals surface area contributed by atoms with Crippen molar-refractivity contribution in [2.75, 3.05) is 32.1 Å². The number of hydrogen-bond acceptors (Lipinski definition) is 7. The van der Waals surface area contributed by atoms with Crippen LogP contribution in [0.25, 0.3) is 0 Å². The van der Waals surface area contributed by atoms with E-state index >= 15 is 0 Å². The van der Waals surface area contributed by atoms with Gasteiger partial charge in [0.2, 0.25) is 0 Å². The van der Waals surface area contributed by atoms with Crippen molar-refractivity contribution < 1.29 is 9.26 Å². The summed E-state index contributed by atoms with van der Waals surface area (Å²) in [5.41, 5.74) is 1.86. The lowest BCUT2D eigenvalue weighted by Gasteiger charge is -2.34. The Labute approximate surface area is 129 Å². The fourth-order valence-corrected chi connectivity index (χ4v) is 2.63. The summed E-state index contributed by atoms with van der Waals surface area (Å²) in [5, 5.41) is 7.16. The molecule has 3 rings (SSSR count). The third-order valence-corrected chi connectivity index (χ3v) is 3.71. The molecular formula is C15H21N5O2. The second-order valence-electron chi connectivity index (χ2n) is 5.49. The van der Waals surface area contributed by atoms with Gasteiger partial charge in [-0.15, -0.1) is 0 Å². The van der Waals surface area contributed by atoms with Crippen LogP contribution in [0.5, 0.6) is 0 Å². The van der Waals surface area contributed by atoms with E-state index in [1.54, 1.807) is 0 Å². The highest BCUT2D eigenvalue weighted by Crippen LogP contribution is 2.24. The molecule has 1 N–H and O–H groups in total. The SMILES string of the molecule is CNc1cc(C)nc([C@@H]2COCCN2Cc2cc(C)on2)n1. The summed E-state index contributed by atoms with van der Waals surface area (Å²) in [6.45, 7) is 6.69. The smallest absolute Gasteiger partial charge is 0.150 e. The monoisotopic (exact) mass is 303 g/mol. The molecule has 1 aliphatic heterocycles. The second-order valence-corrected chi connectivity index (χ2v) is 5.49. The van der Waals surface area contributed by atoms with E-state index in [2.05, 4.69) is 25.3 Å². The Hall–Kier alpha value is -1.99. The Morgan fingerprint density at radius 2 is 2.18 bits per heavy atom. The predicted molar refractivity (Wildman–Crippen MR) is 81.5 cm³/mol. The average molecular weight is 303 g/mol. The topological polar surface area (TPSA) is 76.3 Å². The molecule has 2 aromatic rings. The van der Waals surface area contributed by atoms with Gasteiger partial charge in [-0.25, -0.2) is 9.97 Å². The zero-order chi connectivity index (χ0) is 15.5. The summed E-state index contributed by atoms with van der Waals surface area (Å²) in [4.78, 5) is 11.5. The summed E-state index contributed by atoms with van der Waals surface area (Å²) in [6.07, 6.45) is 0. The van der Waals surface area contributed by atoms with E-state index in [0.29, 0.717) is 19.8 Å². The lowest BCUT2D eigenvalue weighted by Crippen LogP contribution is -2.40. The molecule has 1 atom stereocenters. The van der Waals surface area contributed by atoms with Crippen LogP contribution in [-0.2, 0) is 11.3 Å². The minimum Gasteiger partial charge on any atom is -0.378 e. The Kier molecular flexibility index (Phi) is 4.35. The van der Waals surface area contributed by atoms with Crippen LogP contribution in [0.4, 0.5) is 5.82 Å². The molecule has 0 aromatic carbocycles. The van der Waals surface area contributed by atoms with Gasteiger partial charge in [0.25, 0.3) is 0 Å². The third kappa shape index (κ3) is 3.26. The molecule has 22 heavy (non-hydrogen) atoms. The maximum Gasteiger partial charge on any atom is 0.150 e. The number of morpholine rings is 1. The maximum atomic E-state index is 5.64. The Balaban J connectivity index is 1.84. The van der Waals surface area contributed by atoms with Crippen molar-refractivity contribution >= 4 is 5.82 Å². The summed E-state index contributed by atoms with van der Waals surface area (Å²) >= 11 is 0. The van der Waals surface area contributed by atoms with Crippen LogP contribution in [0, 0.1) is 13.8 Å². The number of nitrogens with zero attached hydrogens (tertiary/aromatic N) is 4. The van der Waals surface area contributed by atoms with Crippen molar-refractivity contribution in [3.05, 3.63) is 35.1 Å². The highest BCUT2D eigenvalue weighted by atomic mass is 16.5. The fraction of sp³-hybridized carbons (Fsp3) is 0.533. The standard InChI is InChI=1S/C15H21N5O2/c1-10-6-14(16-3)18-15(17-10)13-9-21-5-4-20(13)8-12-7-11(2)22-19-12/h6-7,13H,4-5,8-9H2,1-3H3,(H,16,17,18)/t13-/m0/s1. The maximum absolute atomic E-state index is 5.64. The van der Waals surface area contributed by atoms with Crippen LogP contribution in [0.3, 0.4) is 0 Å². The number of nitrogens with one attached hydrogen (secondary N) is 1. The van der Waals surface area contributed by atoms with E-state index in [1.165, 1.54) is 0 Å². The Bertz CT molecular complexity index is 643. The number of aryl methyl sites for hydroxylation is 2. The molecule has 0 spiro atoms. The third-order valence-electron chi connectivity index (χ3n) is 3.71. The second kappa shape index (κ2) is 6.41. The van der Waals surface area contributed by atoms with Gasteiger partial charge >= 0.3 is 0 Å². The van der Waals surface area contributed by atoms with Crippen LogP contribution in [0.1, 0.15) is 29.0 Å². The molecule has 1 fully saturated rings. The lowest BCUT2D eigenvalue weighted by molar-refractivity contribution is -0.0168. The molecule has 3 heterocycles. The van der Waals surface area contributed by atoms with E-state index in [-0.39, 0.29) is 6.04 Å². The van der Waals surface area contributed by atoms with Gasteiger partial charge < -0.3 is 14.6 Å². The zero-order valence-electron chi connectivity index (χ0n) is 13.2. The van der Waals surface area contributed by atoms with Gasteiger partial charge in [-0.3, -0.25) is 4.90 Å². The first-order valence-electron chi connectivity index (χ1n) is 7.43. The minimum atomic E-state index is 0.0257.